The number of carbonyl (C=O) groups is 2. The van der Waals surface area contributed by atoms with E-state index in [9.17, 15) is 18.4 Å². The van der Waals surface area contributed by atoms with Crippen LogP contribution in [-0.2, 0) is 16.0 Å². The molecule has 1 aromatic heterocycles. The van der Waals surface area contributed by atoms with Crippen LogP contribution in [0.5, 0.6) is 0 Å². The largest absolute Gasteiger partial charge is 0.342 e. The number of thiazole rings is 1. The highest BCUT2D eigenvalue weighted by Gasteiger charge is 2.58. The molecule has 2 aromatic rings. The fourth-order valence-electron chi connectivity index (χ4n) is 4.93. The first kappa shape index (κ1) is 21.0. The number of likely N-dealkylation sites (tertiary alicyclic amines) is 1. The highest BCUT2D eigenvalue weighted by atomic mass is 32.1. The van der Waals surface area contributed by atoms with Crippen LogP contribution in [0.1, 0.15) is 52.8 Å². The average Bonchev–Trinajstić information content (AvgIpc) is 3.45. The zero-order valence-corrected chi connectivity index (χ0v) is 17.9. The number of fused-ring (bicyclic) bond motifs is 1. The van der Waals surface area contributed by atoms with Gasteiger partial charge in [0.1, 0.15) is 28.6 Å². The Morgan fingerprint density at radius 3 is 2.66 bits per heavy atom. The number of rotatable bonds is 3. The van der Waals surface area contributed by atoms with Gasteiger partial charge in [0.05, 0.1) is 18.5 Å². The molecule has 4 heterocycles. The average molecular weight is 458 g/mol. The number of carbonyl (C=O) groups excluding carboxylic acids is 2. The van der Waals surface area contributed by atoms with E-state index in [1.807, 2.05) is 6.07 Å². The number of hydrogen-bond donors (Lipinski definition) is 0. The molecule has 0 N–H and O–H groups in total. The fourth-order valence-corrected chi connectivity index (χ4v) is 5.63. The number of amides is 2. The first-order valence-corrected chi connectivity index (χ1v) is 11.4. The summed E-state index contributed by atoms with van der Waals surface area (Å²) in [5.41, 5.74) is -0.271. The summed E-state index contributed by atoms with van der Waals surface area (Å²) in [6, 6.07) is 4.94. The van der Waals surface area contributed by atoms with Crippen LogP contribution in [0.3, 0.4) is 0 Å². The van der Waals surface area contributed by atoms with Crippen LogP contribution in [-0.4, -0.2) is 51.5 Å². The summed E-state index contributed by atoms with van der Waals surface area (Å²) < 4.78 is 33.7. The Hall–Kier alpha value is -2.90. The number of halogens is 2. The molecule has 10 heteroatoms. The van der Waals surface area contributed by atoms with E-state index in [0.29, 0.717) is 55.0 Å². The number of piperidine rings is 1. The van der Waals surface area contributed by atoms with Gasteiger partial charge in [-0.1, -0.05) is 0 Å². The van der Waals surface area contributed by atoms with Gasteiger partial charge in [-0.05, 0) is 30.5 Å². The zero-order valence-electron chi connectivity index (χ0n) is 17.1. The van der Waals surface area contributed by atoms with Crippen molar-refractivity contribution in [2.75, 3.05) is 13.1 Å². The number of aromatic nitrogens is 1. The summed E-state index contributed by atoms with van der Waals surface area (Å²) in [6.07, 6.45) is 1.62. The summed E-state index contributed by atoms with van der Waals surface area (Å²) in [5, 5.41) is 11.0. The number of hydrogen-bond acceptors (Lipinski definition) is 6. The maximum atomic E-state index is 13.7. The molecule has 0 bridgehead atoms. The Kier molecular flexibility index (Phi) is 5.18. The summed E-state index contributed by atoms with van der Waals surface area (Å²) in [4.78, 5) is 33.7. The van der Waals surface area contributed by atoms with E-state index in [1.54, 1.807) is 15.2 Å². The van der Waals surface area contributed by atoms with E-state index < -0.39 is 29.5 Å². The van der Waals surface area contributed by atoms with Crippen molar-refractivity contribution in [3.8, 4) is 6.07 Å². The van der Waals surface area contributed by atoms with Gasteiger partial charge in [-0.2, -0.15) is 5.26 Å². The normalized spacial score (nSPS) is 24.1. The van der Waals surface area contributed by atoms with Crippen LogP contribution in [0.15, 0.2) is 23.6 Å². The summed E-state index contributed by atoms with van der Waals surface area (Å²) in [6.45, 7) is 0.686. The Morgan fingerprint density at radius 1 is 1.25 bits per heavy atom. The Balaban J connectivity index is 1.29. The van der Waals surface area contributed by atoms with Gasteiger partial charge in [0.25, 0.3) is 11.8 Å². The van der Waals surface area contributed by atoms with E-state index in [1.165, 1.54) is 23.5 Å². The molecule has 7 nitrogen and oxygen atoms in total. The second kappa shape index (κ2) is 7.90. The van der Waals surface area contributed by atoms with Crippen LogP contribution in [0.4, 0.5) is 8.78 Å². The van der Waals surface area contributed by atoms with E-state index >= 15 is 0 Å². The lowest BCUT2D eigenvalue weighted by Gasteiger charge is -2.37. The predicted molar refractivity (Wildman–Crippen MR) is 109 cm³/mol. The molecule has 166 valence electrons. The molecule has 32 heavy (non-hydrogen) atoms. The molecule has 2 atom stereocenters. The standard InChI is InChI=1S/C22H20F2N4O3S/c23-14-9-13(10-15(24)11-14)17-1-2-19-28(17)21(30)22(31-19)4-7-27(8-5-22)20(29)16-12-32-18(26-16)3-6-25/h9-12,17,19H,1-5,7-8H2. The first-order chi connectivity index (χ1) is 15.4. The molecule has 1 spiro atoms. The molecule has 0 saturated carbocycles. The topological polar surface area (TPSA) is 86.5 Å². The zero-order chi connectivity index (χ0) is 22.5. The lowest BCUT2D eigenvalue weighted by molar-refractivity contribution is -0.142. The van der Waals surface area contributed by atoms with Crippen molar-refractivity contribution < 1.29 is 23.1 Å². The molecule has 3 fully saturated rings. The maximum Gasteiger partial charge on any atom is 0.273 e. The van der Waals surface area contributed by atoms with Gasteiger partial charge in [-0.15, -0.1) is 11.3 Å². The minimum absolute atomic E-state index is 0.164. The second-order valence-corrected chi connectivity index (χ2v) is 9.27. The van der Waals surface area contributed by atoms with Crippen molar-refractivity contribution >= 4 is 23.2 Å². The van der Waals surface area contributed by atoms with Crippen LogP contribution in [0.2, 0.25) is 0 Å². The molecule has 2 amide bonds. The highest BCUT2D eigenvalue weighted by Crippen LogP contribution is 2.47. The van der Waals surface area contributed by atoms with Gasteiger partial charge < -0.3 is 14.5 Å². The molecular weight excluding hydrogens is 438 g/mol. The van der Waals surface area contributed by atoms with Crippen molar-refractivity contribution in [3.05, 3.63) is 51.5 Å². The number of ether oxygens (including phenoxy) is 1. The van der Waals surface area contributed by atoms with E-state index in [4.69, 9.17) is 10.00 Å². The smallest absolute Gasteiger partial charge is 0.273 e. The second-order valence-electron chi connectivity index (χ2n) is 8.33. The maximum absolute atomic E-state index is 13.7. The van der Waals surface area contributed by atoms with E-state index in [-0.39, 0.29) is 18.2 Å². The van der Waals surface area contributed by atoms with Crippen molar-refractivity contribution in [2.24, 2.45) is 0 Å². The van der Waals surface area contributed by atoms with Gasteiger partial charge >= 0.3 is 0 Å². The van der Waals surface area contributed by atoms with Gasteiger partial charge in [0.15, 0.2) is 5.60 Å². The van der Waals surface area contributed by atoms with Crippen molar-refractivity contribution in [1.82, 2.24) is 14.8 Å². The molecule has 3 aliphatic heterocycles. The lowest BCUT2D eigenvalue weighted by Crippen LogP contribution is -2.51. The molecule has 1 aromatic carbocycles. The Bertz CT molecular complexity index is 1100. The van der Waals surface area contributed by atoms with Gasteiger partial charge in [0, 0.05) is 37.4 Å². The SMILES string of the molecule is N#CCc1nc(C(=O)N2CCC3(CC2)OC2CCC(c4cc(F)cc(F)c4)N2C3=O)cs1. The third-order valence-corrected chi connectivity index (χ3v) is 7.30. The van der Waals surface area contributed by atoms with Crippen LogP contribution in [0, 0.1) is 23.0 Å². The third-order valence-electron chi connectivity index (χ3n) is 6.45. The number of benzene rings is 1. The monoisotopic (exact) mass is 458 g/mol. The van der Waals surface area contributed by atoms with E-state index in [0.717, 1.165) is 6.07 Å². The Labute approximate surface area is 187 Å². The minimum Gasteiger partial charge on any atom is -0.342 e. The molecule has 0 aliphatic carbocycles. The molecule has 2 unspecified atom stereocenters. The fraction of sp³-hybridized carbons (Fsp3) is 0.455. The first-order valence-electron chi connectivity index (χ1n) is 10.5. The molecule has 5 rings (SSSR count). The van der Waals surface area contributed by atoms with Gasteiger partial charge in [-0.25, -0.2) is 13.8 Å². The van der Waals surface area contributed by atoms with Gasteiger partial charge in [-0.3, -0.25) is 9.59 Å². The van der Waals surface area contributed by atoms with Crippen LogP contribution < -0.4 is 0 Å². The number of nitriles is 1. The van der Waals surface area contributed by atoms with Gasteiger partial charge in [0.2, 0.25) is 0 Å². The number of nitrogens with zero attached hydrogens (tertiary/aromatic N) is 4. The van der Waals surface area contributed by atoms with Crippen molar-refractivity contribution in [1.29, 1.82) is 5.26 Å². The van der Waals surface area contributed by atoms with Crippen LogP contribution in [0.25, 0.3) is 0 Å². The van der Waals surface area contributed by atoms with Crippen molar-refractivity contribution in [2.45, 2.75) is 50.0 Å². The molecular formula is C22H20F2N4O3S. The molecule has 0 radical (unpaired) electrons. The third kappa shape index (κ3) is 3.45. The highest BCUT2D eigenvalue weighted by molar-refractivity contribution is 7.09. The molecule has 3 saturated heterocycles. The lowest BCUT2D eigenvalue weighted by atomic mass is 9.89. The minimum atomic E-state index is -1.01. The summed E-state index contributed by atoms with van der Waals surface area (Å²) >= 11 is 1.28. The molecule has 3 aliphatic rings. The summed E-state index contributed by atoms with van der Waals surface area (Å²) in [7, 11) is 0. The van der Waals surface area contributed by atoms with E-state index in [2.05, 4.69) is 4.98 Å². The quantitative estimate of drug-likeness (QED) is 0.705. The van der Waals surface area contributed by atoms with Crippen molar-refractivity contribution in [3.63, 3.8) is 0 Å². The Morgan fingerprint density at radius 2 is 1.97 bits per heavy atom. The van der Waals surface area contributed by atoms with Crippen LogP contribution >= 0.6 is 11.3 Å². The predicted octanol–water partition coefficient (Wildman–Crippen LogP) is 3.18. The summed E-state index contributed by atoms with van der Waals surface area (Å²) in [5.74, 6) is -1.74.